The van der Waals surface area contributed by atoms with Gasteiger partial charge in [0.1, 0.15) is 0 Å². The summed E-state index contributed by atoms with van der Waals surface area (Å²) in [5.74, 6) is -0.0823. The molecule has 0 spiro atoms. The Hall–Kier alpha value is -1.53. The molecule has 1 atom stereocenters. The molecule has 5 nitrogen and oxygen atoms in total. The largest absolute Gasteiger partial charge is 0.387 e. The summed E-state index contributed by atoms with van der Waals surface area (Å²) in [5.41, 5.74) is 0.638. The molecule has 1 rings (SSSR count). The number of benzene rings is 1. The molecular formula is C15H22N2O3S. The van der Waals surface area contributed by atoms with Crippen LogP contribution in [0.1, 0.15) is 22.8 Å². The number of carbonyl (C=O) groups is 2. The van der Waals surface area contributed by atoms with Gasteiger partial charge in [0.2, 0.25) is 5.91 Å². The number of rotatable bonds is 7. The van der Waals surface area contributed by atoms with Crippen molar-refractivity contribution in [2.24, 2.45) is 0 Å². The molecule has 0 radical (unpaired) electrons. The lowest BCUT2D eigenvalue weighted by Gasteiger charge is -2.22. The minimum Gasteiger partial charge on any atom is -0.387 e. The van der Waals surface area contributed by atoms with E-state index in [0.29, 0.717) is 11.3 Å². The minimum absolute atomic E-state index is 0.109. The molecule has 0 aliphatic heterocycles. The normalized spacial score (nSPS) is 13.3. The van der Waals surface area contributed by atoms with Crippen LogP contribution in [-0.2, 0) is 4.79 Å². The van der Waals surface area contributed by atoms with E-state index in [1.54, 1.807) is 19.1 Å². The van der Waals surface area contributed by atoms with Crippen LogP contribution in [0, 0.1) is 6.92 Å². The molecule has 1 aromatic carbocycles. The van der Waals surface area contributed by atoms with Crippen molar-refractivity contribution in [3.63, 3.8) is 0 Å². The van der Waals surface area contributed by atoms with Crippen LogP contribution in [0.4, 0.5) is 0 Å². The number of hydrogen-bond acceptors (Lipinski definition) is 4. The highest BCUT2D eigenvalue weighted by molar-refractivity contribution is 7.98. The average Bonchev–Trinajstić information content (AvgIpc) is 2.43. The molecule has 21 heavy (non-hydrogen) atoms. The SMILES string of the molecule is CSCC(C)(O)CNC(=O)CNC(=O)c1ccc(C)cc1. The summed E-state index contributed by atoms with van der Waals surface area (Å²) in [6.45, 7) is 3.65. The van der Waals surface area contributed by atoms with Crippen LogP contribution >= 0.6 is 11.8 Å². The molecule has 1 aromatic rings. The van der Waals surface area contributed by atoms with Crippen molar-refractivity contribution in [2.75, 3.05) is 25.1 Å². The summed E-state index contributed by atoms with van der Waals surface area (Å²) in [6, 6.07) is 7.11. The summed E-state index contributed by atoms with van der Waals surface area (Å²) < 4.78 is 0. The fourth-order valence-electron chi connectivity index (χ4n) is 1.68. The Morgan fingerprint density at radius 3 is 2.43 bits per heavy atom. The Balaban J connectivity index is 2.36. The van der Waals surface area contributed by atoms with Crippen LogP contribution in [0.2, 0.25) is 0 Å². The summed E-state index contributed by atoms with van der Waals surface area (Å²) in [5, 5.41) is 15.1. The Morgan fingerprint density at radius 1 is 1.24 bits per heavy atom. The van der Waals surface area contributed by atoms with E-state index in [1.807, 2.05) is 25.3 Å². The van der Waals surface area contributed by atoms with Crippen LogP contribution in [0.3, 0.4) is 0 Å². The van der Waals surface area contributed by atoms with Crippen molar-refractivity contribution < 1.29 is 14.7 Å². The highest BCUT2D eigenvalue weighted by atomic mass is 32.2. The van der Waals surface area contributed by atoms with Gasteiger partial charge in [-0.1, -0.05) is 17.7 Å². The number of hydrogen-bond donors (Lipinski definition) is 3. The first-order chi connectivity index (χ1) is 9.84. The zero-order chi connectivity index (χ0) is 15.9. The molecule has 116 valence electrons. The van der Waals surface area contributed by atoms with Gasteiger partial charge in [-0.15, -0.1) is 0 Å². The third kappa shape index (κ3) is 6.64. The van der Waals surface area contributed by atoms with Gasteiger partial charge in [-0.05, 0) is 32.2 Å². The van der Waals surface area contributed by atoms with Gasteiger partial charge in [-0.3, -0.25) is 9.59 Å². The van der Waals surface area contributed by atoms with Crippen molar-refractivity contribution in [2.45, 2.75) is 19.4 Å². The summed E-state index contributed by atoms with van der Waals surface area (Å²) in [7, 11) is 0. The van der Waals surface area contributed by atoms with E-state index in [0.717, 1.165) is 5.56 Å². The third-order valence-corrected chi connectivity index (χ3v) is 3.76. The molecule has 0 fully saturated rings. The molecule has 2 amide bonds. The molecular weight excluding hydrogens is 288 g/mol. The molecule has 0 aromatic heterocycles. The van der Waals surface area contributed by atoms with Gasteiger partial charge < -0.3 is 15.7 Å². The Bertz CT molecular complexity index is 486. The zero-order valence-corrected chi connectivity index (χ0v) is 13.4. The standard InChI is InChI=1S/C15H22N2O3S/c1-11-4-6-12(7-5-11)14(19)16-8-13(18)17-9-15(2,20)10-21-3/h4-7,20H,8-10H2,1-3H3,(H,16,19)(H,17,18). The molecule has 0 heterocycles. The Kier molecular flexibility index (Phi) is 6.71. The number of nitrogens with one attached hydrogen (secondary N) is 2. The Labute approximate surface area is 129 Å². The average molecular weight is 310 g/mol. The summed E-state index contributed by atoms with van der Waals surface area (Å²) in [4.78, 5) is 23.5. The second kappa shape index (κ2) is 8.05. The fourth-order valence-corrected chi connectivity index (χ4v) is 2.40. The second-order valence-corrected chi connectivity index (χ2v) is 6.12. The molecule has 0 aliphatic carbocycles. The molecule has 3 N–H and O–H groups in total. The predicted molar refractivity (Wildman–Crippen MR) is 85.5 cm³/mol. The van der Waals surface area contributed by atoms with Crippen molar-refractivity contribution in [3.8, 4) is 0 Å². The minimum atomic E-state index is -0.948. The maximum absolute atomic E-state index is 11.8. The maximum Gasteiger partial charge on any atom is 0.251 e. The van der Waals surface area contributed by atoms with E-state index < -0.39 is 5.60 Å². The maximum atomic E-state index is 11.8. The van der Waals surface area contributed by atoms with Crippen LogP contribution < -0.4 is 10.6 Å². The van der Waals surface area contributed by atoms with E-state index in [-0.39, 0.29) is 24.9 Å². The number of aryl methyl sites for hydroxylation is 1. The fraction of sp³-hybridized carbons (Fsp3) is 0.467. The van der Waals surface area contributed by atoms with Crippen molar-refractivity contribution in [1.82, 2.24) is 10.6 Å². The molecule has 0 aliphatic rings. The van der Waals surface area contributed by atoms with Gasteiger partial charge in [-0.25, -0.2) is 0 Å². The molecule has 0 saturated heterocycles. The summed E-state index contributed by atoms with van der Waals surface area (Å²) >= 11 is 1.51. The van der Waals surface area contributed by atoms with Crippen LogP contribution in [-0.4, -0.2) is 47.6 Å². The zero-order valence-electron chi connectivity index (χ0n) is 12.6. The van der Waals surface area contributed by atoms with Crippen LogP contribution in [0.15, 0.2) is 24.3 Å². The highest BCUT2D eigenvalue weighted by Crippen LogP contribution is 2.08. The van der Waals surface area contributed by atoms with E-state index in [1.165, 1.54) is 11.8 Å². The third-order valence-electron chi connectivity index (χ3n) is 2.84. The first-order valence-electron chi connectivity index (χ1n) is 6.67. The number of aliphatic hydroxyl groups is 1. The van der Waals surface area contributed by atoms with Gasteiger partial charge in [-0.2, -0.15) is 11.8 Å². The smallest absolute Gasteiger partial charge is 0.251 e. The van der Waals surface area contributed by atoms with Crippen molar-refractivity contribution >= 4 is 23.6 Å². The molecule has 0 saturated carbocycles. The number of thioether (sulfide) groups is 1. The van der Waals surface area contributed by atoms with Gasteiger partial charge in [0.25, 0.3) is 5.91 Å². The Morgan fingerprint density at radius 2 is 1.86 bits per heavy atom. The molecule has 6 heteroatoms. The first-order valence-corrected chi connectivity index (χ1v) is 8.06. The van der Waals surface area contributed by atoms with Gasteiger partial charge in [0, 0.05) is 17.9 Å². The van der Waals surface area contributed by atoms with Crippen molar-refractivity contribution in [3.05, 3.63) is 35.4 Å². The van der Waals surface area contributed by atoms with Gasteiger partial charge in [0.05, 0.1) is 12.1 Å². The quantitative estimate of drug-likeness (QED) is 0.701. The lowest BCUT2D eigenvalue weighted by molar-refractivity contribution is -0.121. The van der Waals surface area contributed by atoms with Gasteiger partial charge >= 0.3 is 0 Å². The number of amides is 2. The summed E-state index contributed by atoms with van der Waals surface area (Å²) in [6.07, 6.45) is 1.89. The lowest BCUT2D eigenvalue weighted by atomic mass is 10.1. The lowest BCUT2D eigenvalue weighted by Crippen LogP contribution is -2.45. The van der Waals surface area contributed by atoms with E-state index in [4.69, 9.17) is 0 Å². The van der Waals surface area contributed by atoms with Crippen LogP contribution in [0.5, 0.6) is 0 Å². The topological polar surface area (TPSA) is 78.4 Å². The molecule has 1 unspecified atom stereocenters. The van der Waals surface area contributed by atoms with Crippen molar-refractivity contribution in [1.29, 1.82) is 0 Å². The van der Waals surface area contributed by atoms with E-state index in [2.05, 4.69) is 10.6 Å². The van der Waals surface area contributed by atoms with Gasteiger partial charge in [0.15, 0.2) is 0 Å². The van der Waals surface area contributed by atoms with Crippen LogP contribution in [0.25, 0.3) is 0 Å². The van der Waals surface area contributed by atoms with E-state index in [9.17, 15) is 14.7 Å². The highest BCUT2D eigenvalue weighted by Gasteiger charge is 2.20. The second-order valence-electron chi connectivity index (χ2n) is 5.26. The first kappa shape index (κ1) is 17.5. The molecule has 0 bridgehead atoms. The number of carbonyl (C=O) groups excluding carboxylic acids is 2. The van der Waals surface area contributed by atoms with E-state index >= 15 is 0 Å². The predicted octanol–water partition coefficient (Wildman–Crippen LogP) is 0.955. The monoisotopic (exact) mass is 310 g/mol.